The number of benzene rings is 2. The van der Waals surface area contributed by atoms with Crippen molar-refractivity contribution in [3.05, 3.63) is 47.5 Å². The van der Waals surface area contributed by atoms with Gasteiger partial charge in [0.2, 0.25) is 5.91 Å². The molecule has 5 nitrogen and oxygen atoms in total. The van der Waals surface area contributed by atoms with E-state index in [0.29, 0.717) is 16.8 Å². The summed E-state index contributed by atoms with van der Waals surface area (Å²) in [6.07, 6.45) is -4.56. The first-order chi connectivity index (χ1) is 11.9. The van der Waals surface area contributed by atoms with E-state index in [-0.39, 0.29) is 24.0 Å². The van der Waals surface area contributed by atoms with Gasteiger partial charge in [-0.15, -0.1) is 13.2 Å². The Balaban J connectivity index is 1.76. The molecule has 0 aliphatic carbocycles. The lowest BCUT2D eigenvalue weighted by molar-refractivity contribution is -0.274. The molecule has 0 spiro atoms. The van der Waals surface area contributed by atoms with E-state index in [0.717, 1.165) is 22.8 Å². The minimum Gasteiger partial charge on any atom is -0.406 e. The molecule has 0 radical (unpaired) electrons. The van der Waals surface area contributed by atoms with Gasteiger partial charge in [-0.2, -0.15) is 8.75 Å². The van der Waals surface area contributed by atoms with Crippen molar-refractivity contribution in [2.75, 3.05) is 5.32 Å². The second-order valence-corrected chi connectivity index (χ2v) is 6.11. The van der Waals surface area contributed by atoms with Crippen LogP contribution in [0.5, 0.6) is 5.75 Å². The highest BCUT2D eigenvalue weighted by Crippen LogP contribution is 2.41. The average Bonchev–Trinajstić information content (AvgIpc) is 3.01. The number of rotatable bonds is 2. The van der Waals surface area contributed by atoms with Gasteiger partial charge in [0.1, 0.15) is 16.8 Å². The molecule has 1 aromatic heterocycles. The Hall–Kier alpha value is -2.68. The van der Waals surface area contributed by atoms with E-state index in [9.17, 15) is 18.0 Å². The fourth-order valence-electron chi connectivity index (χ4n) is 3.01. The summed E-state index contributed by atoms with van der Waals surface area (Å²) in [6.45, 7) is 0. The molecule has 4 rings (SSSR count). The molecule has 3 aromatic rings. The van der Waals surface area contributed by atoms with E-state index < -0.39 is 6.36 Å². The minimum atomic E-state index is -4.74. The first kappa shape index (κ1) is 15.8. The van der Waals surface area contributed by atoms with Crippen molar-refractivity contribution in [1.82, 2.24) is 8.75 Å². The third kappa shape index (κ3) is 3.02. The lowest BCUT2D eigenvalue weighted by atomic mass is 9.84. The fourth-order valence-corrected chi connectivity index (χ4v) is 3.56. The van der Waals surface area contributed by atoms with Gasteiger partial charge in [-0.3, -0.25) is 4.79 Å². The topological polar surface area (TPSA) is 64.1 Å². The summed E-state index contributed by atoms with van der Waals surface area (Å²) in [5.74, 6) is -0.766. The van der Waals surface area contributed by atoms with Crippen molar-refractivity contribution in [2.45, 2.75) is 18.7 Å². The summed E-state index contributed by atoms with van der Waals surface area (Å²) in [5.41, 5.74) is 3.61. The predicted octanol–water partition coefficient (Wildman–Crippen LogP) is 4.06. The van der Waals surface area contributed by atoms with Crippen LogP contribution in [0.3, 0.4) is 0 Å². The monoisotopic (exact) mass is 365 g/mol. The lowest BCUT2D eigenvalue weighted by Gasteiger charge is -2.26. The Morgan fingerprint density at radius 3 is 2.60 bits per heavy atom. The lowest BCUT2D eigenvalue weighted by Crippen LogP contribution is -2.23. The number of nitrogens with one attached hydrogen (secondary N) is 1. The number of fused-ring (bicyclic) bond motifs is 3. The molecule has 1 aliphatic rings. The summed E-state index contributed by atoms with van der Waals surface area (Å²) in [6, 6.07) is 9.10. The number of nitrogens with zero attached hydrogens (tertiary/aromatic N) is 2. The number of carbonyl (C=O) groups excluding carboxylic acids is 1. The maximum absolute atomic E-state index is 12.3. The van der Waals surface area contributed by atoms with Gasteiger partial charge in [-0.25, -0.2) is 0 Å². The second-order valence-electron chi connectivity index (χ2n) is 5.58. The molecule has 0 unspecified atom stereocenters. The summed E-state index contributed by atoms with van der Waals surface area (Å²) in [4.78, 5) is 12.0. The number of amides is 1. The number of halogens is 3. The first-order valence-electron chi connectivity index (χ1n) is 7.31. The standard InChI is InChI=1S/C16H10F3N3O2S/c17-16(18,19)24-9-3-1-8(2-4-9)10-7-13(23)20-11-5-6-12-15(14(10)11)22-25-21-12/h1-6,10H,7H2,(H,20,23)/t10-/m0/s1. The highest BCUT2D eigenvalue weighted by Gasteiger charge is 2.32. The zero-order valence-corrected chi connectivity index (χ0v) is 13.3. The molecule has 2 heterocycles. The Labute approximate surface area is 143 Å². The van der Waals surface area contributed by atoms with Crippen molar-refractivity contribution in [2.24, 2.45) is 0 Å². The highest BCUT2D eigenvalue weighted by atomic mass is 32.1. The van der Waals surface area contributed by atoms with Gasteiger partial charge in [0.25, 0.3) is 0 Å². The molecule has 0 bridgehead atoms. The molecule has 25 heavy (non-hydrogen) atoms. The van der Waals surface area contributed by atoms with Gasteiger partial charge in [0.05, 0.1) is 11.7 Å². The smallest absolute Gasteiger partial charge is 0.406 e. The molecular formula is C16H10F3N3O2S. The van der Waals surface area contributed by atoms with Crippen LogP contribution in [0.2, 0.25) is 0 Å². The van der Waals surface area contributed by atoms with Crippen LogP contribution >= 0.6 is 11.7 Å². The maximum atomic E-state index is 12.3. The molecular weight excluding hydrogens is 355 g/mol. The third-order valence-electron chi connectivity index (χ3n) is 4.00. The van der Waals surface area contributed by atoms with Gasteiger partial charge in [-0.05, 0) is 29.8 Å². The van der Waals surface area contributed by atoms with E-state index in [4.69, 9.17) is 0 Å². The SMILES string of the molecule is O=C1C[C@@H](c2ccc(OC(F)(F)F)cc2)c2c(ccc3nsnc23)N1. The van der Waals surface area contributed by atoms with Gasteiger partial charge in [0.15, 0.2) is 0 Å². The summed E-state index contributed by atoms with van der Waals surface area (Å²) < 4.78 is 49.3. The second kappa shape index (κ2) is 5.69. The Kier molecular flexibility index (Phi) is 3.60. The van der Waals surface area contributed by atoms with Gasteiger partial charge in [-0.1, -0.05) is 12.1 Å². The van der Waals surface area contributed by atoms with Crippen LogP contribution in [0.1, 0.15) is 23.5 Å². The van der Waals surface area contributed by atoms with Crippen molar-refractivity contribution >= 4 is 34.4 Å². The Bertz CT molecular complexity index is 953. The quantitative estimate of drug-likeness (QED) is 0.744. The number of aromatic nitrogens is 2. The van der Waals surface area contributed by atoms with E-state index in [1.807, 2.05) is 0 Å². The highest BCUT2D eigenvalue weighted by molar-refractivity contribution is 7.00. The average molecular weight is 365 g/mol. The fraction of sp³-hybridized carbons (Fsp3) is 0.188. The van der Waals surface area contributed by atoms with Crippen LogP contribution < -0.4 is 10.1 Å². The molecule has 1 amide bonds. The van der Waals surface area contributed by atoms with E-state index >= 15 is 0 Å². The van der Waals surface area contributed by atoms with Gasteiger partial charge < -0.3 is 10.1 Å². The van der Waals surface area contributed by atoms with Crippen LogP contribution in [0.4, 0.5) is 18.9 Å². The number of hydrogen-bond donors (Lipinski definition) is 1. The predicted molar refractivity (Wildman–Crippen MR) is 85.6 cm³/mol. The largest absolute Gasteiger partial charge is 0.573 e. The van der Waals surface area contributed by atoms with Crippen molar-refractivity contribution < 1.29 is 22.7 Å². The molecule has 2 aromatic carbocycles. The zero-order valence-electron chi connectivity index (χ0n) is 12.5. The van der Waals surface area contributed by atoms with E-state index in [1.54, 1.807) is 12.1 Å². The van der Waals surface area contributed by atoms with Gasteiger partial charge in [0, 0.05) is 23.6 Å². The number of anilines is 1. The number of alkyl halides is 3. The van der Waals surface area contributed by atoms with Crippen molar-refractivity contribution in [3.63, 3.8) is 0 Å². The molecule has 1 aliphatic heterocycles. The van der Waals surface area contributed by atoms with E-state index in [1.165, 1.54) is 24.3 Å². The van der Waals surface area contributed by atoms with Crippen molar-refractivity contribution in [1.29, 1.82) is 0 Å². The zero-order chi connectivity index (χ0) is 17.6. The molecule has 1 N–H and O–H groups in total. The molecule has 0 saturated carbocycles. The maximum Gasteiger partial charge on any atom is 0.573 e. The summed E-state index contributed by atoms with van der Waals surface area (Å²) >= 11 is 1.07. The molecule has 128 valence electrons. The van der Waals surface area contributed by atoms with E-state index in [2.05, 4.69) is 18.8 Å². The Morgan fingerprint density at radius 1 is 1.12 bits per heavy atom. The van der Waals surface area contributed by atoms with Crippen LogP contribution in [0.15, 0.2) is 36.4 Å². The third-order valence-corrected chi connectivity index (χ3v) is 4.54. The number of carbonyl (C=O) groups is 1. The molecule has 0 fully saturated rings. The number of hydrogen-bond acceptors (Lipinski definition) is 5. The van der Waals surface area contributed by atoms with Crippen LogP contribution in [0.25, 0.3) is 11.0 Å². The van der Waals surface area contributed by atoms with Gasteiger partial charge >= 0.3 is 6.36 Å². The normalized spacial score (nSPS) is 17.2. The number of ether oxygens (including phenoxy) is 1. The summed E-state index contributed by atoms with van der Waals surface area (Å²) in [5, 5.41) is 2.81. The molecule has 1 atom stereocenters. The summed E-state index contributed by atoms with van der Waals surface area (Å²) in [7, 11) is 0. The molecule has 0 saturated heterocycles. The Morgan fingerprint density at radius 2 is 1.88 bits per heavy atom. The van der Waals surface area contributed by atoms with Crippen LogP contribution in [-0.2, 0) is 4.79 Å². The van der Waals surface area contributed by atoms with Crippen molar-refractivity contribution in [3.8, 4) is 5.75 Å². The molecule has 9 heteroatoms. The van der Waals surface area contributed by atoms with Crippen LogP contribution in [-0.4, -0.2) is 21.0 Å². The minimum absolute atomic E-state index is 0.157. The first-order valence-corrected chi connectivity index (χ1v) is 8.04. The van der Waals surface area contributed by atoms with Crippen LogP contribution in [0, 0.1) is 0 Å².